The normalized spacial score (nSPS) is 24.2. The van der Waals surface area contributed by atoms with Crippen LogP contribution in [-0.2, 0) is 16.1 Å². The topological polar surface area (TPSA) is 50.8 Å². The predicted octanol–water partition coefficient (Wildman–Crippen LogP) is 2.17. The molecule has 0 aromatic heterocycles. The number of hydrogen-bond donors (Lipinski definition) is 1. The van der Waals surface area contributed by atoms with E-state index in [9.17, 15) is 4.79 Å². The van der Waals surface area contributed by atoms with Crippen LogP contribution < -0.4 is 5.32 Å². The molecule has 1 unspecified atom stereocenters. The maximum absolute atomic E-state index is 12.2. The standard InChI is InChI=1S/C17H24N2O3/c1-14-11-21-13-17(18-14)7-9-19(10-8-17)16(20)22-12-15-5-3-2-4-6-15/h2-6,14,18H,7-13H2,1H3. The summed E-state index contributed by atoms with van der Waals surface area (Å²) in [6.07, 6.45) is 1.61. The molecule has 5 heteroatoms. The highest BCUT2D eigenvalue weighted by molar-refractivity contribution is 5.67. The highest BCUT2D eigenvalue weighted by Crippen LogP contribution is 2.26. The molecule has 3 rings (SSSR count). The second kappa shape index (κ2) is 6.67. The molecule has 0 aliphatic carbocycles. The molecule has 22 heavy (non-hydrogen) atoms. The Labute approximate surface area is 131 Å². The number of carbonyl (C=O) groups is 1. The van der Waals surface area contributed by atoms with Gasteiger partial charge in [-0.05, 0) is 25.3 Å². The summed E-state index contributed by atoms with van der Waals surface area (Å²) in [4.78, 5) is 14.0. The summed E-state index contributed by atoms with van der Waals surface area (Å²) >= 11 is 0. The first-order valence-electron chi connectivity index (χ1n) is 7.98. The molecule has 2 aliphatic heterocycles. The van der Waals surface area contributed by atoms with Crippen molar-refractivity contribution >= 4 is 6.09 Å². The third kappa shape index (κ3) is 3.59. The van der Waals surface area contributed by atoms with Crippen LogP contribution in [0.5, 0.6) is 0 Å². The molecular weight excluding hydrogens is 280 g/mol. The Morgan fingerprint density at radius 3 is 2.77 bits per heavy atom. The lowest BCUT2D eigenvalue weighted by molar-refractivity contribution is -0.0254. The lowest BCUT2D eigenvalue weighted by Gasteiger charge is -2.46. The minimum atomic E-state index is -0.219. The predicted molar refractivity (Wildman–Crippen MR) is 83.6 cm³/mol. The molecule has 2 heterocycles. The minimum Gasteiger partial charge on any atom is -0.445 e. The molecule has 5 nitrogen and oxygen atoms in total. The Morgan fingerprint density at radius 1 is 1.36 bits per heavy atom. The minimum absolute atomic E-state index is 0.0356. The number of likely N-dealkylation sites (tertiary alicyclic amines) is 1. The van der Waals surface area contributed by atoms with Gasteiger partial charge in [0.05, 0.1) is 13.2 Å². The van der Waals surface area contributed by atoms with Crippen molar-refractivity contribution < 1.29 is 14.3 Å². The fourth-order valence-electron chi connectivity index (χ4n) is 3.25. The zero-order valence-electron chi connectivity index (χ0n) is 13.1. The van der Waals surface area contributed by atoms with Crippen molar-refractivity contribution in [3.63, 3.8) is 0 Å². The lowest BCUT2D eigenvalue weighted by Crippen LogP contribution is -2.62. The molecular formula is C17H24N2O3. The Morgan fingerprint density at radius 2 is 2.09 bits per heavy atom. The molecule has 1 N–H and O–H groups in total. The second-order valence-electron chi connectivity index (χ2n) is 6.37. The molecule has 0 radical (unpaired) electrons. The quantitative estimate of drug-likeness (QED) is 0.910. The van der Waals surface area contributed by atoms with E-state index in [2.05, 4.69) is 12.2 Å². The monoisotopic (exact) mass is 304 g/mol. The van der Waals surface area contributed by atoms with Crippen molar-refractivity contribution in [1.29, 1.82) is 0 Å². The summed E-state index contributed by atoms with van der Waals surface area (Å²) in [5.74, 6) is 0. The first kappa shape index (κ1) is 15.3. The van der Waals surface area contributed by atoms with Crippen molar-refractivity contribution in [2.75, 3.05) is 26.3 Å². The number of piperidine rings is 1. The SMILES string of the molecule is CC1COCC2(CCN(C(=O)OCc3ccccc3)CC2)N1. The number of carbonyl (C=O) groups excluding carboxylic acids is 1. The van der Waals surface area contributed by atoms with Crippen LogP contribution in [0.15, 0.2) is 30.3 Å². The third-order valence-corrected chi connectivity index (χ3v) is 4.48. The summed E-state index contributed by atoms with van der Waals surface area (Å²) in [5.41, 5.74) is 1.05. The molecule has 0 bridgehead atoms. The summed E-state index contributed by atoms with van der Waals surface area (Å²) < 4.78 is 11.1. The van der Waals surface area contributed by atoms with Crippen LogP contribution in [-0.4, -0.2) is 48.9 Å². The van der Waals surface area contributed by atoms with Crippen LogP contribution in [0.3, 0.4) is 0 Å². The summed E-state index contributed by atoms with van der Waals surface area (Å²) in [6, 6.07) is 10.2. The van der Waals surface area contributed by atoms with Crippen molar-refractivity contribution in [3.05, 3.63) is 35.9 Å². The molecule has 1 amide bonds. The average Bonchev–Trinajstić information content (AvgIpc) is 2.54. The summed E-state index contributed by atoms with van der Waals surface area (Å²) in [7, 11) is 0. The van der Waals surface area contributed by atoms with E-state index < -0.39 is 0 Å². The fourth-order valence-corrected chi connectivity index (χ4v) is 3.25. The molecule has 2 saturated heterocycles. The Bertz CT molecular complexity index is 498. The van der Waals surface area contributed by atoms with Crippen LogP contribution in [0, 0.1) is 0 Å². The van der Waals surface area contributed by atoms with E-state index in [0.717, 1.165) is 44.7 Å². The molecule has 2 fully saturated rings. The smallest absolute Gasteiger partial charge is 0.410 e. The zero-order valence-corrected chi connectivity index (χ0v) is 13.1. The van der Waals surface area contributed by atoms with Gasteiger partial charge >= 0.3 is 6.09 Å². The van der Waals surface area contributed by atoms with E-state index in [-0.39, 0.29) is 11.6 Å². The van der Waals surface area contributed by atoms with Gasteiger partial charge in [-0.3, -0.25) is 0 Å². The molecule has 1 spiro atoms. The Balaban J connectivity index is 1.47. The molecule has 1 aromatic rings. The van der Waals surface area contributed by atoms with Crippen molar-refractivity contribution in [2.24, 2.45) is 0 Å². The van der Waals surface area contributed by atoms with Crippen LogP contribution in [0.1, 0.15) is 25.3 Å². The van der Waals surface area contributed by atoms with Gasteiger partial charge in [-0.25, -0.2) is 4.79 Å². The van der Waals surface area contributed by atoms with E-state index in [0.29, 0.717) is 12.6 Å². The largest absolute Gasteiger partial charge is 0.445 e. The number of benzene rings is 1. The Hall–Kier alpha value is -1.59. The van der Waals surface area contributed by atoms with Crippen molar-refractivity contribution in [1.82, 2.24) is 10.2 Å². The highest BCUT2D eigenvalue weighted by atomic mass is 16.6. The van der Waals surface area contributed by atoms with E-state index in [1.807, 2.05) is 30.3 Å². The van der Waals surface area contributed by atoms with Gasteiger partial charge in [-0.1, -0.05) is 30.3 Å². The van der Waals surface area contributed by atoms with Gasteiger partial charge in [0.25, 0.3) is 0 Å². The third-order valence-electron chi connectivity index (χ3n) is 4.48. The molecule has 1 atom stereocenters. The number of nitrogens with zero attached hydrogens (tertiary/aromatic N) is 1. The van der Waals surface area contributed by atoms with Crippen LogP contribution >= 0.6 is 0 Å². The van der Waals surface area contributed by atoms with Crippen LogP contribution in [0.2, 0.25) is 0 Å². The average molecular weight is 304 g/mol. The van der Waals surface area contributed by atoms with E-state index >= 15 is 0 Å². The molecule has 120 valence electrons. The molecule has 2 aliphatic rings. The van der Waals surface area contributed by atoms with Crippen LogP contribution in [0.4, 0.5) is 4.79 Å². The number of ether oxygens (including phenoxy) is 2. The van der Waals surface area contributed by atoms with Gasteiger partial charge in [0.1, 0.15) is 6.61 Å². The van der Waals surface area contributed by atoms with Crippen molar-refractivity contribution in [2.45, 2.75) is 38.0 Å². The zero-order chi connectivity index (χ0) is 15.4. The first-order valence-corrected chi connectivity index (χ1v) is 7.98. The molecule has 0 saturated carbocycles. The number of morpholine rings is 1. The van der Waals surface area contributed by atoms with E-state index in [1.165, 1.54) is 0 Å². The first-order chi connectivity index (χ1) is 10.7. The number of nitrogens with one attached hydrogen (secondary N) is 1. The van der Waals surface area contributed by atoms with E-state index in [1.54, 1.807) is 4.90 Å². The summed E-state index contributed by atoms with van der Waals surface area (Å²) in [6.45, 7) is 5.42. The van der Waals surface area contributed by atoms with Gasteiger partial charge < -0.3 is 19.7 Å². The van der Waals surface area contributed by atoms with Gasteiger partial charge in [-0.15, -0.1) is 0 Å². The van der Waals surface area contributed by atoms with Crippen molar-refractivity contribution in [3.8, 4) is 0 Å². The second-order valence-corrected chi connectivity index (χ2v) is 6.37. The number of hydrogen-bond acceptors (Lipinski definition) is 4. The van der Waals surface area contributed by atoms with Crippen LogP contribution in [0.25, 0.3) is 0 Å². The maximum Gasteiger partial charge on any atom is 0.410 e. The van der Waals surface area contributed by atoms with Gasteiger partial charge in [0.2, 0.25) is 0 Å². The summed E-state index contributed by atoms with van der Waals surface area (Å²) in [5, 5.41) is 3.65. The lowest BCUT2D eigenvalue weighted by atomic mass is 9.86. The van der Waals surface area contributed by atoms with Gasteiger partial charge in [0, 0.05) is 24.7 Å². The van der Waals surface area contributed by atoms with Gasteiger partial charge in [0.15, 0.2) is 0 Å². The van der Waals surface area contributed by atoms with E-state index in [4.69, 9.17) is 9.47 Å². The molecule has 1 aromatic carbocycles. The number of rotatable bonds is 2. The number of amides is 1. The van der Waals surface area contributed by atoms with Gasteiger partial charge in [-0.2, -0.15) is 0 Å². The highest BCUT2D eigenvalue weighted by Gasteiger charge is 2.39. The Kier molecular flexibility index (Phi) is 4.64. The fraction of sp³-hybridized carbons (Fsp3) is 0.588. The maximum atomic E-state index is 12.2.